The lowest BCUT2D eigenvalue weighted by Gasteiger charge is -2.39. The van der Waals surface area contributed by atoms with Gasteiger partial charge in [-0.05, 0) is 52.1 Å². The van der Waals surface area contributed by atoms with Crippen molar-refractivity contribution in [1.29, 1.82) is 0 Å². The molecule has 0 radical (unpaired) electrons. The molecule has 0 bridgehead atoms. The molecule has 4 nitrogen and oxygen atoms in total. The minimum absolute atomic E-state index is 0.544. The highest BCUT2D eigenvalue weighted by molar-refractivity contribution is 7.99. The molecule has 0 N–H and O–H groups in total. The molecular weight excluding hydrogens is 595 g/mol. The van der Waals surface area contributed by atoms with Crippen LogP contribution in [0.2, 0.25) is 0 Å². The minimum atomic E-state index is -0.544. The second kappa shape index (κ2) is 10.1. The van der Waals surface area contributed by atoms with Crippen molar-refractivity contribution in [3.8, 4) is 45.3 Å². The van der Waals surface area contributed by atoms with Crippen LogP contribution in [-0.2, 0) is 5.41 Å². The van der Waals surface area contributed by atoms with Gasteiger partial charge in [0.2, 0.25) is 0 Å². The number of nitrogens with zero attached hydrogens (tertiary/aromatic N) is 3. The molecule has 5 heteroatoms. The smallest absolute Gasteiger partial charge is 0.164 e. The third-order valence-corrected chi connectivity index (χ3v) is 10.6. The Balaban J connectivity index is 1.33. The molecule has 10 rings (SSSR count). The molecule has 2 aromatic heterocycles. The number of hydrogen-bond donors (Lipinski definition) is 0. The summed E-state index contributed by atoms with van der Waals surface area (Å²) in [6.07, 6.45) is 1.79. The first-order valence-corrected chi connectivity index (χ1v) is 16.5. The van der Waals surface area contributed by atoms with Crippen molar-refractivity contribution in [2.75, 3.05) is 0 Å². The van der Waals surface area contributed by atoms with Crippen molar-refractivity contribution < 1.29 is 4.42 Å². The van der Waals surface area contributed by atoms with Crippen molar-refractivity contribution in [2.45, 2.75) is 15.2 Å². The van der Waals surface area contributed by atoms with Gasteiger partial charge in [-0.15, -0.1) is 0 Å². The molecule has 47 heavy (non-hydrogen) atoms. The molecular formula is C42H25N3OS. The van der Waals surface area contributed by atoms with Crippen molar-refractivity contribution >= 4 is 22.7 Å². The summed E-state index contributed by atoms with van der Waals surface area (Å²) in [6, 6.07) is 51.1. The summed E-state index contributed by atoms with van der Waals surface area (Å²) in [5, 5.41) is 0.978. The molecule has 0 amide bonds. The van der Waals surface area contributed by atoms with E-state index in [1.165, 1.54) is 37.6 Å². The van der Waals surface area contributed by atoms with Gasteiger partial charge in [0, 0.05) is 37.4 Å². The molecule has 1 aliphatic heterocycles. The van der Waals surface area contributed by atoms with Gasteiger partial charge >= 0.3 is 0 Å². The lowest BCUT2D eigenvalue weighted by atomic mass is 9.67. The maximum atomic E-state index is 6.44. The van der Waals surface area contributed by atoms with Gasteiger partial charge in [-0.25, -0.2) is 15.0 Å². The Labute approximate surface area is 275 Å². The standard InChI is InChI=1S/C42H25N3OS/c1-3-13-26(14-4-1)39-43-40(27-15-5-2-6-16-27)45-41(44-39)30-25-34-37(38-28(30)23-24-46-38)29-17-7-8-18-31(29)42(34)32-19-9-11-21-35(32)47-36-22-12-10-20-33(36)42/h1-25H. The summed E-state index contributed by atoms with van der Waals surface area (Å²) < 4.78 is 6.44. The predicted molar refractivity (Wildman–Crippen MR) is 187 cm³/mol. The Morgan fingerprint density at radius 2 is 1.00 bits per heavy atom. The number of hydrogen-bond acceptors (Lipinski definition) is 5. The van der Waals surface area contributed by atoms with Crippen LogP contribution in [0.3, 0.4) is 0 Å². The molecule has 1 aliphatic carbocycles. The van der Waals surface area contributed by atoms with E-state index >= 15 is 0 Å². The quantitative estimate of drug-likeness (QED) is 0.197. The summed E-state index contributed by atoms with van der Waals surface area (Å²) in [4.78, 5) is 17.8. The van der Waals surface area contributed by atoms with Gasteiger partial charge in [-0.3, -0.25) is 0 Å². The number of furan rings is 1. The molecule has 6 aromatic carbocycles. The Hall–Kier alpha value is -5.78. The Bertz CT molecular complexity index is 2400. The Morgan fingerprint density at radius 3 is 1.64 bits per heavy atom. The fourth-order valence-corrected chi connectivity index (χ4v) is 8.75. The average molecular weight is 620 g/mol. The lowest BCUT2D eigenvalue weighted by molar-refractivity contribution is 0.616. The topological polar surface area (TPSA) is 51.8 Å². The van der Waals surface area contributed by atoms with Crippen LogP contribution in [0, 0.1) is 0 Å². The van der Waals surface area contributed by atoms with E-state index in [2.05, 4.69) is 78.9 Å². The van der Waals surface area contributed by atoms with E-state index in [0.717, 1.165) is 33.2 Å². The maximum Gasteiger partial charge on any atom is 0.164 e. The molecule has 220 valence electrons. The molecule has 3 heterocycles. The molecule has 0 saturated carbocycles. The number of aromatic nitrogens is 3. The van der Waals surface area contributed by atoms with Crippen molar-refractivity contribution in [3.63, 3.8) is 0 Å². The number of rotatable bonds is 3. The molecule has 1 spiro atoms. The monoisotopic (exact) mass is 619 g/mol. The molecule has 8 aromatic rings. The van der Waals surface area contributed by atoms with Crippen LogP contribution in [-0.4, -0.2) is 15.0 Å². The van der Waals surface area contributed by atoms with Gasteiger partial charge in [-0.1, -0.05) is 133 Å². The zero-order valence-corrected chi connectivity index (χ0v) is 25.9. The van der Waals surface area contributed by atoms with Gasteiger partial charge in [0.1, 0.15) is 5.58 Å². The number of benzene rings is 6. The predicted octanol–water partition coefficient (Wildman–Crippen LogP) is 10.4. The van der Waals surface area contributed by atoms with E-state index in [9.17, 15) is 0 Å². The molecule has 0 unspecified atom stereocenters. The maximum absolute atomic E-state index is 6.44. The zero-order valence-electron chi connectivity index (χ0n) is 25.1. The molecule has 2 aliphatic rings. The van der Waals surface area contributed by atoms with E-state index in [0.29, 0.717) is 17.5 Å². The van der Waals surface area contributed by atoms with Crippen LogP contribution < -0.4 is 0 Å². The first-order valence-electron chi connectivity index (χ1n) is 15.7. The van der Waals surface area contributed by atoms with Gasteiger partial charge in [0.05, 0.1) is 11.7 Å². The first kappa shape index (κ1) is 26.4. The zero-order chi connectivity index (χ0) is 31.0. The fraction of sp³-hybridized carbons (Fsp3) is 0.0238. The van der Waals surface area contributed by atoms with Crippen molar-refractivity contribution in [1.82, 2.24) is 15.0 Å². The third kappa shape index (κ3) is 3.75. The Morgan fingerprint density at radius 1 is 0.468 bits per heavy atom. The van der Waals surface area contributed by atoms with E-state index in [4.69, 9.17) is 19.4 Å². The van der Waals surface area contributed by atoms with Crippen LogP contribution in [0.25, 0.3) is 56.3 Å². The molecule has 0 saturated heterocycles. The summed E-state index contributed by atoms with van der Waals surface area (Å²) in [5.41, 5.74) is 10.4. The van der Waals surface area contributed by atoms with E-state index in [1.54, 1.807) is 6.26 Å². The molecule has 0 fully saturated rings. The SMILES string of the molecule is c1ccc(-c2nc(-c3ccccc3)nc(-c3cc4c(c5occc35)-c3ccccc3C43c4ccccc4Sc4ccccc43)n2)cc1. The van der Waals surface area contributed by atoms with E-state index in [1.807, 2.05) is 78.5 Å². The Kier molecular flexibility index (Phi) is 5.69. The van der Waals surface area contributed by atoms with Crippen molar-refractivity contribution in [3.05, 3.63) is 174 Å². The summed E-state index contributed by atoms with van der Waals surface area (Å²) in [6.45, 7) is 0. The fourth-order valence-electron chi connectivity index (χ4n) is 7.56. The van der Waals surface area contributed by atoms with Crippen LogP contribution in [0.4, 0.5) is 0 Å². The van der Waals surface area contributed by atoms with E-state index < -0.39 is 5.41 Å². The second-order valence-electron chi connectivity index (χ2n) is 11.9. The lowest BCUT2D eigenvalue weighted by Crippen LogP contribution is -2.32. The van der Waals surface area contributed by atoms with Crippen LogP contribution in [0.1, 0.15) is 22.3 Å². The van der Waals surface area contributed by atoms with Crippen LogP contribution >= 0.6 is 11.8 Å². The second-order valence-corrected chi connectivity index (χ2v) is 13.0. The van der Waals surface area contributed by atoms with Gasteiger partial charge in [-0.2, -0.15) is 0 Å². The summed E-state index contributed by atoms with van der Waals surface area (Å²) in [5.74, 6) is 1.88. The first-order chi connectivity index (χ1) is 23.3. The van der Waals surface area contributed by atoms with Gasteiger partial charge in [0.25, 0.3) is 0 Å². The van der Waals surface area contributed by atoms with E-state index in [-0.39, 0.29) is 0 Å². The van der Waals surface area contributed by atoms with Crippen LogP contribution in [0.15, 0.2) is 166 Å². The van der Waals surface area contributed by atoms with Gasteiger partial charge < -0.3 is 4.42 Å². The highest BCUT2D eigenvalue weighted by Gasteiger charge is 2.51. The third-order valence-electron chi connectivity index (χ3n) is 9.49. The highest BCUT2D eigenvalue weighted by Crippen LogP contribution is 2.63. The van der Waals surface area contributed by atoms with Crippen molar-refractivity contribution in [2.24, 2.45) is 0 Å². The largest absolute Gasteiger partial charge is 0.464 e. The normalized spacial score (nSPS) is 13.6. The summed E-state index contributed by atoms with van der Waals surface area (Å²) in [7, 11) is 0. The minimum Gasteiger partial charge on any atom is -0.464 e. The van der Waals surface area contributed by atoms with Crippen LogP contribution in [0.5, 0.6) is 0 Å². The summed E-state index contributed by atoms with van der Waals surface area (Å²) >= 11 is 1.84. The van der Waals surface area contributed by atoms with Gasteiger partial charge in [0.15, 0.2) is 17.5 Å². The molecule has 0 atom stereocenters. The average Bonchev–Trinajstić information content (AvgIpc) is 3.74. The number of fused-ring (bicyclic) bond motifs is 11. The highest BCUT2D eigenvalue weighted by atomic mass is 32.2.